The van der Waals surface area contributed by atoms with Crippen molar-refractivity contribution in [3.63, 3.8) is 0 Å². The molecule has 6 rings (SSSR count). The van der Waals surface area contributed by atoms with Gasteiger partial charge in [-0.1, -0.05) is 29.8 Å². The van der Waals surface area contributed by atoms with Gasteiger partial charge in [-0.15, -0.1) is 0 Å². The lowest BCUT2D eigenvalue weighted by molar-refractivity contribution is -0.146. The van der Waals surface area contributed by atoms with Gasteiger partial charge in [0.15, 0.2) is 0 Å². The van der Waals surface area contributed by atoms with Crippen LogP contribution in [0, 0.1) is 35.5 Å². The van der Waals surface area contributed by atoms with Gasteiger partial charge in [0, 0.05) is 10.7 Å². The maximum Gasteiger partial charge on any atom is 0.247 e. The first kappa shape index (κ1) is 16.1. The van der Waals surface area contributed by atoms with E-state index in [1.807, 2.05) is 0 Å². The highest BCUT2D eigenvalue weighted by Crippen LogP contribution is 2.65. The van der Waals surface area contributed by atoms with Gasteiger partial charge in [0.25, 0.3) is 0 Å². The Bertz CT molecular complexity index is 830. The van der Waals surface area contributed by atoms with Gasteiger partial charge in [0.2, 0.25) is 17.7 Å². The normalized spacial score (nSPS) is 37.4. The summed E-state index contributed by atoms with van der Waals surface area (Å²) in [6.07, 6.45) is 5.39. The Kier molecular flexibility index (Phi) is 3.35. The van der Waals surface area contributed by atoms with E-state index in [1.165, 1.54) is 4.90 Å². The van der Waals surface area contributed by atoms with Crippen molar-refractivity contribution >= 4 is 35.0 Å². The number of hydrogen-bond acceptors (Lipinski definition) is 3. The Morgan fingerprint density at radius 1 is 1.15 bits per heavy atom. The number of likely N-dealkylation sites (tertiary alicyclic amines) is 1. The summed E-state index contributed by atoms with van der Waals surface area (Å²) >= 11 is 5.94. The van der Waals surface area contributed by atoms with Crippen LogP contribution < -0.4 is 5.32 Å². The number of benzene rings is 1. The fourth-order valence-electron chi connectivity index (χ4n) is 5.29. The molecule has 2 bridgehead atoms. The average Bonchev–Trinajstić information content (AvgIpc) is 3.39. The zero-order valence-corrected chi connectivity index (χ0v) is 15.0. The van der Waals surface area contributed by atoms with E-state index in [1.54, 1.807) is 31.2 Å². The first-order valence-corrected chi connectivity index (χ1v) is 9.47. The molecule has 0 spiro atoms. The van der Waals surface area contributed by atoms with E-state index >= 15 is 0 Å². The Morgan fingerprint density at radius 2 is 1.77 bits per heavy atom. The molecular formula is C20H19ClN2O3. The highest BCUT2D eigenvalue weighted by molar-refractivity contribution is 6.30. The zero-order chi connectivity index (χ0) is 18.2. The fourth-order valence-corrected chi connectivity index (χ4v) is 5.48. The van der Waals surface area contributed by atoms with E-state index in [2.05, 4.69) is 17.5 Å². The quantitative estimate of drug-likeness (QED) is 0.657. The van der Waals surface area contributed by atoms with Crippen LogP contribution in [0.3, 0.4) is 0 Å². The van der Waals surface area contributed by atoms with Gasteiger partial charge >= 0.3 is 0 Å². The maximum atomic E-state index is 13.0. The van der Waals surface area contributed by atoms with Crippen molar-refractivity contribution in [2.75, 3.05) is 5.32 Å². The smallest absolute Gasteiger partial charge is 0.247 e. The Balaban J connectivity index is 1.38. The second-order valence-corrected chi connectivity index (χ2v) is 8.31. The van der Waals surface area contributed by atoms with Crippen LogP contribution in [0.1, 0.15) is 13.3 Å². The number of allylic oxidation sites excluding steroid dienone is 2. The van der Waals surface area contributed by atoms with Gasteiger partial charge in [-0.3, -0.25) is 19.3 Å². The molecule has 2 saturated carbocycles. The summed E-state index contributed by atoms with van der Waals surface area (Å²) in [7, 11) is 0. The van der Waals surface area contributed by atoms with Crippen LogP contribution in [0.5, 0.6) is 0 Å². The van der Waals surface area contributed by atoms with Crippen molar-refractivity contribution in [3.8, 4) is 0 Å². The van der Waals surface area contributed by atoms with Crippen LogP contribution in [0.2, 0.25) is 5.02 Å². The molecule has 1 N–H and O–H groups in total. The molecule has 1 heterocycles. The summed E-state index contributed by atoms with van der Waals surface area (Å²) in [4.78, 5) is 39.9. The number of amides is 3. The molecule has 4 aliphatic carbocycles. The molecule has 6 heteroatoms. The number of carbonyl (C=O) groups excluding carboxylic acids is 3. The van der Waals surface area contributed by atoms with Crippen molar-refractivity contribution in [2.45, 2.75) is 19.4 Å². The lowest BCUT2D eigenvalue weighted by Crippen LogP contribution is -2.46. The summed E-state index contributed by atoms with van der Waals surface area (Å²) < 4.78 is 0. The van der Waals surface area contributed by atoms with E-state index in [9.17, 15) is 14.4 Å². The largest absolute Gasteiger partial charge is 0.324 e. The molecule has 5 nitrogen and oxygen atoms in total. The monoisotopic (exact) mass is 370 g/mol. The third-order valence-corrected chi connectivity index (χ3v) is 6.79. The van der Waals surface area contributed by atoms with Gasteiger partial charge in [-0.25, -0.2) is 0 Å². The molecule has 0 aromatic heterocycles. The molecule has 1 aliphatic heterocycles. The Labute approximate surface area is 156 Å². The second-order valence-electron chi connectivity index (χ2n) is 7.88. The number of nitrogens with one attached hydrogen (secondary N) is 1. The van der Waals surface area contributed by atoms with Gasteiger partial charge in [0.1, 0.15) is 6.04 Å². The van der Waals surface area contributed by atoms with Gasteiger partial charge in [0.05, 0.1) is 11.8 Å². The third-order valence-electron chi connectivity index (χ3n) is 6.56. The number of nitrogens with zero attached hydrogens (tertiary/aromatic N) is 1. The summed E-state index contributed by atoms with van der Waals surface area (Å²) in [5, 5.41) is 3.26. The molecule has 26 heavy (non-hydrogen) atoms. The molecule has 1 saturated heterocycles. The van der Waals surface area contributed by atoms with Crippen LogP contribution in [0.15, 0.2) is 36.4 Å². The fraction of sp³-hybridized carbons (Fsp3) is 0.450. The van der Waals surface area contributed by atoms with Crippen LogP contribution in [-0.2, 0) is 14.4 Å². The minimum absolute atomic E-state index is 0.166. The van der Waals surface area contributed by atoms with Crippen LogP contribution in [0.4, 0.5) is 5.69 Å². The van der Waals surface area contributed by atoms with Crippen LogP contribution in [-0.4, -0.2) is 28.7 Å². The highest BCUT2D eigenvalue weighted by atomic mass is 35.5. The van der Waals surface area contributed by atoms with Crippen molar-refractivity contribution in [1.82, 2.24) is 4.90 Å². The Morgan fingerprint density at radius 3 is 2.35 bits per heavy atom. The van der Waals surface area contributed by atoms with Crippen LogP contribution >= 0.6 is 11.6 Å². The summed E-state index contributed by atoms with van der Waals surface area (Å²) in [6, 6.07) is 5.97. The number of rotatable bonds is 3. The average molecular weight is 371 g/mol. The highest BCUT2D eigenvalue weighted by Gasteiger charge is 2.67. The molecule has 5 aliphatic rings. The van der Waals surface area contributed by atoms with E-state index in [0.717, 1.165) is 6.42 Å². The first-order valence-electron chi connectivity index (χ1n) is 9.09. The standard InChI is InChI=1S/C20H19ClN2O3/c1-9(18(24)22-11-4-2-3-10(21)7-11)23-19(25)16-12-5-6-13(15-8-14(12)15)17(16)20(23)26/h2-7,9,12-17H,8H2,1H3,(H,22,24)/t9-,12+,13+,14+,15+,16-,17-/m1/s1. The van der Waals surface area contributed by atoms with Crippen molar-refractivity contribution in [3.05, 3.63) is 41.4 Å². The predicted octanol–water partition coefficient (Wildman–Crippen LogP) is 2.72. The first-order chi connectivity index (χ1) is 12.5. The lowest BCUT2D eigenvalue weighted by atomic mass is 9.63. The summed E-state index contributed by atoms with van der Waals surface area (Å²) in [6.45, 7) is 1.61. The topological polar surface area (TPSA) is 66.5 Å². The molecule has 0 radical (unpaired) electrons. The van der Waals surface area contributed by atoms with Gasteiger partial charge < -0.3 is 5.32 Å². The number of hydrogen-bond donors (Lipinski definition) is 1. The number of imide groups is 1. The van der Waals surface area contributed by atoms with E-state index in [4.69, 9.17) is 11.6 Å². The van der Waals surface area contributed by atoms with Gasteiger partial charge in [-0.05, 0) is 55.2 Å². The predicted molar refractivity (Wildman–Crippen MR) is 96.1 cm³/mol. The van der Waals surface area contributed by atoms with Crippen molar-refractivity contribution < 1.29 is 14.4 Å². The molecular weight excluding hydrogens is 352 g/mol. The van der Waals surface area contributed by atoms with Crippen molar-refractivity contribution in [2.24, 2.45) is 35.5 Å². The van der Waals surface area contributed by atoms with Gasteiger partial charge in [-0.2, -0.15) is 0 Å². The third kappa shape index (κ3) is 2.13. The van der Waals surface area contributed by atoms with E-state index in [0.29, 0.717) is 22.5 Å². The number of carbonyl (C=O) groups is 3. The molecule has 3 fully saturated rings. The SMILES string of the molecule is C[C@H](C(=O)Nc1cccc(Cl)c1)N1C(=O)[C@@H]2[C@H]3C=C[C@@H]([C@@H]4C[C@@H]34)[C@H]2C1=O. The van der Waals surface area contributed by atoms with Crippen LogP contribution in [0.25, 0.3) is 0 Å². The number of halogens is 1. The van der Waals surface area contributed by atoms with Crippen molar-refractivity contribution in [1.29, 1.82) is 0 Å². The molecule has 134 valence electrons. The lowest BCUT2D eigenvalue weighted by Gasteiger charge is -2.37. The zero-order valence-electron chi connectivity index (χ0n) is 14.3. The molecule has 3 amide bonds. The van der Waals surface area contributed by atoms with E-state index in [-0.39, 0.29) is 41.4 Å². The number of anilines is 1. The summed E-state index contributed by atoms with van der Waals surface area (Å²) in [5.74, 6) is 0.150. The second kappa shape index (κ2) is 5.43. The maximum absolute atomic E-state index is 13.0. The molecule has 1 aromatic rings. The molecule has 0 unspecified atom stereocenters. The summed E-state index contributed by atoms with van der Waals surface area (Å²) in [5.41, 5.74) is 0.550. The minimum atomic E-state index is -0.838. The Hall–Kier alpha value is -2.14. The minimum Gasteiger partial charge on any atom is -0.324 e. The molecule has 7 atom stereocenters. The molecule has 1 aromatic carbocycles. The van der Waals surface area contributed by atoms with E-state index < -0.39 is 6.04 Å².